The van der Waals surface area contributed by atoms with Crippen LogP contribution in [0.2, 0.25) is 0 Å². The van der Waals surface area contributed by atoms with E-state index in [4.69, 9.17) is 0 Å². The first-order chi connectivity index (χ1) is 11.7. The highest BCUT2D eigenvalue weighted by atomic mass is 19.1. The maximum Gasteiger partial charge on any atom is 0.274 e. The van der Waals surface area contributed by atoms with Crippen LogP contribution in [0.4, 0.5) is 16.0 Å². The number of halogens is 1. The van der Waals surface area contributed by atoms with Gasteiger partial charge in [-0.15, -0.1) is 0 Å². The number of nitrogens with zero attached hydrogens (tertiary/aromatic N) is 4. The van der Waals surface area contributed by atoms with E-state index in [0.29, 0.717) is 37.8 Å². The Morgan fingerprint density at radius 1 is 1.21 bits per heavy atom. The van der Waals surface area contributed by atoms with Crippen LogP contribution in [-0.2, 0) is 4.79 Å². The van der Waals surface area contributed by atoms with E-state index in [-0.39, 0.29) is 5.69 Å². The number of nitrogens with one attached hydrogen (secondary N) is 1. The molecule has 2 aromatic rings. The lowest BCUT2D eigenvalue weighted by Gasteiger charge is -2.32. The summed E-state index contributed by atoms with van der Waals surface area (Å²) >= 11 is 0. The summed E-state index contributed by atoms with van der Waals surface area (Å²) in [6.07, 6.45) is 2.33. The highest BCUT2D eigenvalue weighted by molar-refractivity contribution is 6.02. The van der Waals surface area contributed by atoms with Crippen LogP contribution in [0.15, 0.2) is 36.5 Å². The second kappa shape index (κ2) is 7.03. The molecule has 3 rings (SSSR count). The molecule has 2 amide bonds. The summed E-state index contributed by atoms with van der Waals surface area (Å²) in [4.78, 5) is 35.0. The molecule has 24 heavy (non-hydrogen) atoms. The van der Waals surface area contributed by atoms with E-state index in [0.717, 1.165) is 6.41 Å². The lowest BCUT2D eigenvalue weighted by Crippen LogP contribution is -2.46. The molecule has 0 saturated carbocycles. The lowest BCUT2D eigenvalue weighted by molar-refractivity contribution is -0.118. The van der Waals surface area contributed by atoms with E-state index in [1.165, 1.54) is 30.5 Å². The summed E-state index contributed by atoms with van der Waals surface area (Å²) in [6.45, 7) is 2.39. The number of carbonyl (C=O) groups is 2. The van der Waals surface area contributed by atoms with Gasteiger partial charge in [0.25, 0.3) is 5.91 Å². The molecule has 1 fully saturated rings. The highest BCUT2D eigenvalue weighted by Gasteiger charge is 2.19. The van der Waals surface area contributed by atoms with Crippen molar-refractivity contribution in [3.63, 3.8) is 0 Å². The largest absolute Gasteiger partial charge is 0.342 e. The summed E-state index contributed by atoms with van der Waals surface area (Å²) in [7, 11) is 0. The highest BCUT2D eigenvalue weighted by Crippen LogP contribution is 2.13. The average molecular weight is 329 g/mol. The summed E-state index contributed by atoms with van der Waals surface area (Å²) < 4.78 is 13.2. The van der Waals surface area contributed by atoms with E-state index in [9.17, 15) is 14.0 Å². The minimum absolute atomic E-state index is 0.196. The second-order valence-electron chi connectivity index (χ2n) is 5.33. The fourth-order valence-electron chi connectivity index (χ4n) is 2.42. The number of anilines is 2. The normalized spacial score (nSPS) is 14.4. The fourth-order valence-corrected chi connectivity index (χ4v) is 2.42. The molecule has 0 radical (unpaired) electrons. The van der Waals surface area contributed by atoms with Crippen LogP contribution in [0.3, 0.4) is 0 Å². The number of aromatic nitrogens is 2. The van der Waals surface area contributed by atoms with Crippen LogP contribution in [0.1, 0.15) is 10.5 Å². The summed E-state index contributed by atoms with van der Waals surface area (Å²) in [5.41, 5.74) is 0.557. The predicted molar refractivity (Wildman–Crippen MR) is 86.2 cm³/mol. The van der Waals surface area contributed by atoms with Crippen LogP contribution in [0.25, 0.3) is 0 Å². The minimum atomic E-state index is -0.434. The van der Waals surface area contributed by atoms with E-state index >= 15 is 0 Å². The molecule has 1 aromatic carbocycles. The van der Waals surface area contributed by atoms with Crippen molar-refractivity contribution >= 4 is 24.0 Å². The number of hydrogen-bond acceptors (Lipinski definition) is 5. The van der Waals surface area contributed by atoms with Crippen molar-refractivity contribution in [2.75, 3.05) is 36.4 Å². The maximum absolute atomic E-state index is 13.2. The number of amides is 2. The summed E-state index contributed by atoms with van der Waals surface area (Å²) in [5.74, 6) is -0.424. The first-order valence-corrected chi connectivity index (χ1v) is 7.50. The van der Waals surface area contributed by atoms with E-state index in [2.05, 4.69) is 15.3 Å². The van der Waals surface area contributed by atoms with Crippen molar-refractivity contribution in [2.24, 2.45) is 0 Å². The molecule has 0 unspecified atom stereocenters. The zero-order valence-electron chi connectivity index (χ0n) is 12.9. The summed E-state index contributed by atoms with van der Waals surface area (Å²) in [5, 5.41) is 2.60. The molecule has 124 valence electrons. The third-order valence-corrected chi connectivity index (χ3v) is 3.70. The Balaban J connectivity index is 1.70. The van der Waals surface area contributed by atoms with E-state index in [1.807, 2.05) is 4.90 Å². The molecule has 7 nitrogen and oxygen atoms in total. The fraction of sp³-hybridized carbons (Fsp3) is 0.250. The molecule has 1 aromatic heterocycles. The molecule has 1 aliphatic rings. The zero-order chi connectivity index (χ0) is 16.9. The van der Waals surface area contributed by atoms with Gasteiger partial charge in [-0.1, -0.05) is 6.07 Å². The third kappa shape index (κ3) is 3.65. The third-order valence-electron chi connectivity index (χ3n) is 3.70. The van der Waals surface area contributed by atoms with Crippen LogP contribution in [0.5, 0.6) is 0 Å². The van der Waals surface area contributed by atoms with Gasteiger partial charge in [-0.05, 0) is 24.3 Å². The average Bonchev–Trinajstić information content (AvgIpc) is 2.62. The van der Waals surface area contributed by atoms with Gasteiger partial charge in [0.2, 0.25) is 12.4 Å². The number of carbonyl (C=O) groups excluding carboxylic acids is 2. The van der Waals surface area contributed by atoms with E-state index < -0.39 is 11.7 Å². The molecule has 1 saturated heterocycles. The molecule has 8 heteroatoms. The molecule has 0 atom stereocenters. The molecule has 0 spiro atoms. The van der Waals surface area contributed by atoms with Gasteiger partial charge < -0.3 is 15.1 Å². The van der Waals surface area contributed by atoms with Crippen LogP contribution >= 0.6 is 0 Å². The minimum Gasteiger partial charge on any atom is -0.342 e. The first kappa shape index (κ1) is 15.9. The Labute approximate surface area is 138 Å². The molecule has 0 aliphatic carbocycles. The monoisotopic (exact) mass is 329 g/mol. The molecule has 0 bridgehead atoms. The van der Waals surface area contributed by atoms with Crippen LogP contribution < -0.4 is 10.2 Å². The van der Waals surface area contributed by atoms with Gasteiger partial charge in [-0.3, -0.25) is 9.59 Å². The van der Waals surface area contributed by atoms with Gasteiger partial charge >= 0.3 is 0 Å². The first-order valence-electron chi connectivity index (χ1n) is 7.50. The smallest absolute Gasteiger partial charge is 0.274 e. The molecule has 1 N–H and O–H groups in total. The van der Waals surface area contributed by atoms with Crippen LogP contribution in [-0.4, -0.2) is 53.4 Å². The van der Waals surface area contributed by atoms with Crippen LogP contribution in [0, 0.1) is 5.82 Å². The van der Waals surface area contributed by atoms with Gasteiger partial charge in [-0.25, -0.2) is 14.4 Å². The zero-order valence-corrected chi connectivity index (χ0v) is 12.9. The Morgan fingerprint density at radius 3 is 2.71 bits per heavy atom. The Morgan fingerprint density at radius 2 is 2.00 bits per heavy atom. The Hall–Kier alpha value is -3.03. The SMILES string of the molecule is O=CN1CCN(c2nccc(C(=O)Nc3cccc(F)c3)n2)CC1. The molecule has 1 aliphatic heterocycles. The van der Waals surface area contributed by atoms with Gasteiger partial charge in [0.1, 0.15) is 11.5 Å². The van der Waals surface area contributed by atoms with Crippen molar-refractivity contribution in [3.05, 3.63) is 48.0 Å². The quantitative estimate of drug-likeness (QED) is 0.851. The number of piperazine rings is 1. The molecular weight excluding hydrogens is 313 g/mol. The van der Waals surface area contributed by atoms with E-state index in [1.54, 1.807) is 11.0 Å². The topological polar surface area (TPSA) is 78.4 Å². The lowest BCUT2D eigenvalue weighted by atomic mass is 10.3. The van der Waals surface area contributed by atoms with Crippen molar-refractivity contribution in [1.29, 1.82) is 0 Å². The maximum atomic E-state index is 13.2. The van der Waals surface area contributed by atoms with Gasteiger partial charge in [0.15, 0.2) is 0 Å². The van der Waals surface area contributed by atoms with Gasteiger partial charge in [0, 0.05) is 38.1 Å². The van der Waals surface area contributed by atoms with Crippen molar-refractivity contribution in [3.8, 4) is 0 Å². The summed E-state index contributed by atoms with van der Waals surface area (Å²) in [6, 6.07) is 7.15. The van der Waals surface area contributed by atoms with Crippen molar-refractivity contribution in [1.82, 2.24) is 14.9 Å². The molecule has 2 heterocycles. The second-order valence-corrected chi connectivity index (χ2v) is 5.33. The number of rotatable bonds is 4. The van der Waals surface area contributed by atoms with Gasteiger partial charge in [-0.2, -0.15) is 0 Å². The standard InChI is InChI=1S/C16H16FN5O2/c17-12-2-1-3-13(10-12)19-15(24)14-4-5-18-16(20-14)22-8-6-21(11-23)7-9-22/h1-5,10-11H,6-9H2,(H,19,24). The molecular formula is C16H16FN5O2. The van der Waals surface area contributed by atoms with Crippen molar-refractivity contribution in [2.45, 2.75) is 0 Å². The van der Waals surface area contributed by atoms with Crippen molar-refractivity contribution < 1.29 is 14.0 Å². The van der Waals surface area contributed by atoms with Gasteiger partial charge in [0.05, 0.1) is 0 Å². The Bertz CT molecular complexity index is 747. The number of benzene rings is 1. The Kier molecular flexibility index (Phi) is 4.64. The number of hydrogen-bond donors (Lipinski definition) is 1. The predicted octanol–water partition coefficient (Wildman–Crippen LogP) is 1.15.